The minimum absolute atomic E-state index is 0.0751. The molecule has 1 heterocycles. The summed E-state index contributed by atoms with van der Waals surface area (Å²) in [5.41, 5.74) is -0.189. The molecule has 1 saturated heterocycles. The van der Waals surface area contributed by atoms with Gasteiger partial charge in [0.15, 0.2) is 0 Å². The Labute approximate surface area is 112 Å². The Kier molecular flexibility index (Phi) is 5.09. The zero-order chi connectivity index (χ0) is 14.5. The van der Waals surface area contributed by atoms with Gasteiger partial charge in [0.25, 0.3) is 0 Å². The average molecular weight is 269 g/mol. The molecule has 0 spiro atoms. The van der Waals surface area contributed by atoms with Crippen molar-refractivity contribution in [3.63, 3.8) is 0 Å². The lowest BCUT2D eigenvalue weighted by atomic mass is 10.0. The SMILES string of the molecule is COC(=O)C=CC(=O)OCCN1C(=O)CCC1(C)C. The summed E-state index contributed by atoms with van der Waals surface area (Å²) in [4.78, 5) is 35.4. The lowest BCUT2D eigenvalue weighted by molar-refractivity contribution is -0.141. The summed E-state index contributed by atoms with van der Waals surface area (Å²) in [7, 11) is 1.22. The van der Waals surface area contributed by atoms with E-state index in [1.165, 1.54) is 7.11 Å². The Bertz CT molecular complexity index is 400. The molecule has 106 valence electrons. The van der Waals surface area contributed by atoms with Crippen LogP contribution in [-0.2, 0) is 23.9 Å². The summed E-state index contributed by atoms with van der Waals surface area (Å²) in [6, 6.07) is 0. The normalized spacial score (nSPS) is 17.8. The van der Waals surface area contributed by atoms with Crippen LogP contribution in [0.25, 0.3) is 0 Å². The fourth-order valence-electron chi connectivity index (χ4n) is 1.94. The standard InChI is InChI=1S/C13H19NO5/c1-13(2)7-6-10(15)14(13)8-9-19-12(17)5-4-11(16)18-3/h4-5H,6-9H2,1-3H3. The monoisotopic (exact) mass is 269 g/mol. The molecule has 0 radical (unpaired) electrons. The number of methoxy groups -OCH3 is 1. The van der Waals surface area contributed by atoms with Gasteiger partial charge in [0, 0.05) is 24.1 Å². The molecule has 1 rings (SSSR count). The predicted octanol–water partition coefficient (Wildman–Crippen LogP) is 0.660. The topological polar surface area (TPSA) is 72.9 Å². The minimum atomic E-state index is -0.630. The fraction of sp³-hybridized carbons (Fsp3) is 0.615. The van der Waals surface area contributed by atoms with E-state index < -0.39 is 11.9 Å². The van der Waals surface area contributed by atoms with E-state index in [0.717, 1.165) is 18.6 Å². The Hall–Kier alpha value is -1.85. The van der Waals surface area contributed by atoms with Crippen LogP contribution >= 0.6 is 0 Å². The molecule has 19 heavy (non-hydrogen) atoms. The van der Waals surface area contributed by atoms with Gasteiger partial charge in [-0.1, -0.05) is 0 Å². The van der Waals surface area contributed by atoms with E-state index >= 15 is 0 Å². The third kappa shape index (κ3) is 4.39. The summed E-state index contributed by atoms with van der Waals surface area (Å²) >= 11 is 0. The van der Waals surface area contributed by atoms with Gasteiger partial charge in [-0.05, 0) is 20.3 Å². The van der Waals surface area contributed by atoms with Crippen LogP contribution in [0, 0.1) is 0 Å². The van der Waals surface area contributed by atoms with Gasteiger partial charge in [0.2, 0.25) is 5.91 Å². The van der Waals surface area contributed by atoms with Crippen molar-refractivity contribution in [1.29, 1.82) is 0 Å². The molecule has 0 unspecified atom stereocenters. The highest BCUT2D eigenvalue weighted by molar-refractivity contribution is 5.91. The van der Waals surface area contributed by atoms with E-state index in [4.69, 9.17) is 4.74 Å². The van der Waals surface area contributed by atoms with Gasteiger partial charge in [0.1, 0.15) is 6.61 Å². The summed E-state index contributed by atoms with van der Waals surface area (Å²) < 4.78 is 9.25. The maximum Gasteiger partial charge on any atom is 0.331 e. The van der Waals surface area contributed by atoms with Gasteiger partial charge in [-0.3, -0.25) is 4.79 Å². The molecule has 6 nitrogen and oxygen atoms in total. The molecule has 0 bridgehead atoms. The third-order valence-corrected chi connectivity index (χ3v) is 3.10. The summed E-state index contributed by atoms with van der Waals surface area (Å²) in [5, 5.41) is 0. The van der Waals surface area contributed by atoms with E-state index in [0.29, 0.717) is 13.0 Å². The molecule has 1 aliphatic rings. The summed E-state index contributed by atoms with van der Waals surface area (Å²) in [6.07, 6.45) is 3.33. The second-order valence-electron chi connectivity index (χ2n) is 4.88. The number of hydrogen-bond acceptors (Lipinski definition) is 5. The van der Waals surface area contributed by atoms with Crippen molar-refractivity contribution in [3.8, 4) is 0 Å². The van der Waals surface area contributed by atoms with E-state index in [2.05, 4.69) is 4.74 Å². The zero-order valence-corrected chi connectivity index (χ0v) is 11.5. The van der Waals surface area contributed by atoms with Crippen molar-refractivity contribution in [2.45, 2.75) is 32.2 Å². The minimum Gasteiger partial charge on any atom is -0.466 e. The van der Waals surface area contributed by atoms with Crippen LogP contribution in [0.2, 0.25) is 0 Å². The van der Waals surface area contributed by atoms with Gasteiger partial charge >= 0.3 is 11.9 Å². The van der Waals surface area contributed by atoms with Gasteiger partial charge in [0.05, 0.1) is 13.7 Å². The van der Waals surface area contributed by atoms with Crippen molar-refractivity contribution < 1.29 is 23.9 Å². The molecular weight excluding hydrogens is 250 g/mol. The molecule has 1 aliphatic heterocycles. The Morgan fingerprint density at radius 2 is 1.95 bits per heavy atom. The maximum atomic E-state index is 11.6. The van der Waals surface area contributed by atoms with Crippen molar-refractivity contribution in [2.24, 2.45) is 0 Å². The molecule has 1 fully saturated rings. The summed E-state index contributed by atoms with van der Waals surface area (Å²) in [5.74, 6) is -1.17. The average Bonchev–Trinajstić information content (AvgIpc) is 2.62. The fourth-order valence-corrected chi connectivity index (χ4v) is 1.94. The highest BCUT2D eigenvalue weighted by Gasteiger charge is 2.37. The number of carbonyl (C=O) groups is 3. The number of esters is 2. The highest BCUT2D eigenvalue weighted by Crippen LogP contribution is 2.28. The number of ether oxygens (including phenoxy) is 2. The van der Waals surface area contributed by atoms with Crippen LogP contribution in [0.3, 0.4) is 0 Å². The number of nitrogens with zero attached hydrogens (tertiary/aromatic N) is 1. The highest BCUT2D eigenvalue weighted by atomic mass is 16.5. The molecule has 0 aliphatic carbocycles. The molecule has 0 atom stereocenters. The molecule has 6 heteroatoms. The molecule has 0 N–H and O–H groups in total. The Morgan fingerprint density at radius 3 is 2.47 bits per heavy atom. The number of carbonyl (C=O) groups excluding carboxylic acids is 3. The molecular formula is C13H19NO5. The van der Waals surface area contributed by atoms with Crippen molar-refractivity contribution >= 4 is 17.8 Å². The van der Waals surface area contributed by atoms with Gasteiger partial charge in [-0.2, -0.15) is 0 Å². The van der Waals surface area contributed by atoms with E-state index in [1.54, 1.807) is 4.90 Å². The number of hydrogen-bond donors (Lipinski definition) is 0. The number of rotatable bonds is 5. The lowest BCUT2D eigenvalue weighted by Crippen LogP contribution is -2.42. The van der Waals surface area contributed by atoms with Gasteiger partial charge in [-0.15, -0.1) is 0 Å². The largest absolute Gasteiger partial charge is 0.466 e. The van der Waals surface area contributed by atoms with E-state index in [9.17, 15) is 14.4 Å². The van der Waals surface area contributed by atoms with Crippen molar-refractivity contribution in [3.05, 3.63) is 12.2 Å². The predicted molar refractivity (Wildman–Crippen MR) is 67.1 cm³/mol. The second-order valence-corrected chi connectivity index (χ2v) is 4.88. The van der Waals surface area contributed by atoms with Gasteiger partial charge < -0.3 is 14.4 Å². The molecule has 0 aromatic rings. The number of likely N-dealkylation sites (tertiary alicyclic amines) is 1. The van der Waals surface area contributed by atoms with Crippen LogP contribution in [0.5, 0.6) is 0 Å². The third-order valence-electron chi connectivity index (χ3n) is 3.10. The van der Waals surface area contributed by atoms with Crippen molar-refractivity contribution in [2.75, 3.05) is 20.3 Å². The number of amides is 1. The van der Waals surface area contributed by atoms with Crippen molar-refractivity contribution in [1.82, 2.24) is 4.90 Å². The Balaban J connectivity index is 2.34. The quantitative estimate of drug-likeness (QED) is 0.541. The van der Waals surface area contributed by atoms with Crippen LogP contribution < -0.4 is 0 Å². The molecule has 0 aromatic carbocycles. The van der Waals surface area contributed by atoms with E-state index in [-0.39, 0.29) is 18.1 Å². The van der Waals surface area contributed by atoms with E-state index in [1.807, 2.05) is 13.8 Å². The zero-order valence-electron chi connectivity index (χ0n) is 11.5. The molecule has 0 saturated carbocycles. The van der Waals surface area contributed by atoms with Crippen LogP contribution in [0.1, 0.15) is 26.7 Å². The van der Waals surface area contributed by atoms with Crippen LogP contribution in [0.4, 0.5) is 0 Å². The first-order chi connectivity index (χ1) is 8.86. The molecule has 0 aromatic heterocycles. The first-order valence-electron chi connectivity index (χ1n) is 6.10. The van der Waals surface area contributed by atoms with Crippen LogP contribution in [0.15, 0.2) is 12.2 Å². The molecule has 1 amide bonds. The first kappa shape index (κ1) is 15.2. The summed E-state index contributed by atoms with van der Waals surface area (Å²) in [6.45, 7) is 4.44. The van der Waals surface area contributed by atoms with Crippen LogP contribution in [-0.4, -0.2) is 48.5 Å². The second kappa shape index (κ2) is 6.36. The Morgan fingerprint density at radius 1 is 1.32 bits per heavy atom. The van der Waals surface area contributed by atoms with Gasteiger partial charge in [-0.25, -0.2) is 9.59 Å². The lowest BCUT2D eigenvalue weighted by Gasteiger charge is -2.31. The smallest absolute Gasteiger partial charge is 0.331 e. The maximum absolute atomic E-state index is 11.6. The first-order valence-corrected chi connectivity index (χ1v) is 6.10.